The summed E-state index contributed by atoms with van der Waals surface area (Å²) in [7, 11) is 3.93. The van der Waals surface area contributed by atoms with Gasteiger partial charge >= 0.3 is 0 Å². The van der Waals surface area contributed by atoms with Crippen molar-refractivity contribution in [3.05, 3.63) is 98.2 Å². The van der Waals surface area contributed by atoms with Crippen molar-refractivity contribution in [2.75, 3.05) is 30.1 Å². The molecule has 0 aliphatic rings. The second kappa shape index (κ2) is 11.2. The van der Waals surface area contributed by atoms with Gasteiger partial charge in [0, 0.05) is 25.5 Å². The van der Waals surface area contributed by atoms with E-state index in [1.54, 1.807) is 4.57 Å². The number of rotatable bonds is 7. The number of benzene rings is 3. The molecule has 1 N–H and O–H groups in total. The number of aryl methyl sites for hydroxylation is 2. The van der Waals surface area contributed by atoms with Crippen molar-refractivity contribution in [1.82, 2.24) is 14.1 Å². The minimum absolute atomic E-state index is 0.0780. The van der Waals surface area contributed by atoms with E-state index < -0.39 is 0 Å². The highest BCUT2D eigenvalue weighted by molar-refractivity contribution is 7.99. The quantitative estimate of drug-likeness (QED) is 0.138. The predicted molar refractivity (Wildman–Crippen MR) is 165 cm³/mol. The maximum absolute atomic E-state index is 13.9. The summed E-state index contributed by atoms with van der Waals surface area (Å²) in [6.45, 7) is 4.05. The summed E-state index contributed by atoms with van der Waals surface area (Å²) >= 11 is 8.18. The van der Waals surface area contributed by atoms with Gasteiger partial charge in [0.15, 0.2) is 14.8 Å². The fourth-order valence-corrected chi connectivity index (χ4v) is 6.37. The molecule has 0 saturated carbocycles. The normalized spacial score (nSPS) is 11.1. The molecule has 0 bridgehead atoms. The van der Waals surface area contributed by atoms with Crippen molar-refractivity contribution in [3.8, 4) is 11.4 Å². The largest absolute Gasteiger partial charge is 0.378 e. The summed E-state index contributed by atoms with van der Waals surface area (Å²) < 4.78 is 4.43. The summed E-state index contributed by atoms with van der Waals surface area (Å²) in [6, 6.07) is 23.1. The number of amides is 1. The number of hydrogen-bond acceptors (Lipinski definition) is 7. The molecule has 0 aliphatic heterocycles. The molecule has 7 nitrogen and oxygen atoms in total. The number of nitrogens with zero attached hydrogens (tertiary/aromatic N) is 4. The zero-order chi connectivity index (χ0) is 27.7. The SMILES string of the molecule is Cc1ccc(-n2c(=S)sc3c(=O)n(-c4ccccc4)c(SCC(=O)Nc4ccc(N(C)C)cc4)nc32)c(C)c1. The van der Waals surface area contributed by atoms with E-state index in [1.165, 1.54) is 23.1 Å². The molecule has 3 aromatic carbocycles. The van der Waals surface area contributed by atoms with Crippen LogP contribution in [0.1, 0.15) is 11.1 Å². The van der Waals surface area contributed by atoms with E-state index in [2.05, 4.69) is 11.4 Å². The molecular formula is C29H27N5O2S3. The van der Waals surface area contributed by atoms with Gasteiger partial charge < -0.3 is 10.2 Å². The molecule has 198 valence electrons. The maximum Gasteiger partial charge on any atom is 0.278 e. The summed E-state index contributed by atoms with van der Waals surface area (Å²) in [5, 5.41) is 3.35. The van der Waals surface area contributed by atoms with Gasteiger partial charge in [0.25, 0.3) is 5.56 Å². The molecule has 0 unspecified atom stereocenters. The Balaban J connectivity index is 1.55. The van der Waals surface area contributed by atoms with E-state index in [4.69, 9.17) is 17.2 Å². The number of thioether (sulfide) groups is 1. The summed E-state index contributed by atoms with van der Waals surface area (Å²) in [5.41, 5.74) is 5.77. The average Bonchev–Trinajstić information content (AvgIpc) is 3.24. The smallest absolute Gasteiger partial charge is 0.278 e. The second-order valence-electron chi connectivity index (χ2n) is 9.29. The van der Waals surface area contributed by atoms with Crippen LogP contribution in [0.15, 0.2) is 82.7 Å². The lowest BCUT2D eigenvalue weighted by molar-refractivity contribution is -0.113. The molecule has 10 heteroatoms. The van der Waals surface area contributed by atoms with E-state index >= 15 is 0 Å². The van der Waals surface area contributed by atoms with Crippen LogP contribution in [-0.4, -0.2) is 39.9 Å². The second-order valence-corrected chi connectivity index (χ2v) is 11.9. The number of nitrogens with one attached hydrogen (secondary N) is 1. The zero-order valence-corrected chi connectivity index (χ0v) is 24.4. The summed E-state index contributed by atoms with van der Waals surface area (Å²) in [4.78, 5) is 33.7. The molecule has 2 heterocycles. The van der Waals surface area contributed by atoms with Gasteiger partial charge in [-0.25, -0.2) is 4.98 Å². The van der Waals surface area contributed by atoms with Crippen LogP contribution < -0.4 is 15.8 Å². The molecule has 0 radical (unpaired) electrons. The van der Waals surface area contributed by atoms with Gasteiger partial charge in [-0.3, -0.25) is 18.7 Å². The number of aromatic nitrogens is 3. The van der Waals surface area contributed by atoms with Crippen molar-refractivity contribution in [1.29, 1.82) is 0 Å². The van der Waals surface area contributed by atoms with Gasteiger partial charge in [0.2, 0.25) is 5.91 Å². The van der Waals surface area contributed by atoms with E-state index in [1.807, 2.05) is 104 Å². The molecular weight excluding hydrogens is 547 g/mol. The maximum atomic E-state index is 13.9. The molecule has 39 heavy (non-hydrogen) atoms. The molecule has 0 saturated heterocycles. The third kappa shape index (κ3) is 5.54. The topological polar surface area (TPSA) is 72.2 Å². The van der Waals surface area contributed by atoms with Crippen LogP contribution in [0.5, 0.6) is 0 Å². The minimum atomic E-state index is -0.215. The Bertz CT molecular complexity index is 1790. The van der Waals surface area contributed by atoms with E-state index in [9.17, 15) is 9.59 Å². The number of carbonyl (C=O) groups is 1. The highest BCUT2D eigenvalue weighted by atomic mass is 32.2. The van der Waals surface area contributed by atoms with Crippen molar-refractivity contribution in [2.45, 2.75) is 19.0 Å². The van der Waals surface area contributed by atoms with Crippen LogP contribution in [0.3, 0.4) is 0 Å². The molecule has 0 atom stereocenters. The fraction of sp³-hybridized carbons (Fsp3) is 0.172. The zero-order valence-electron chi connectivity index (χ0n) is 22.0. The highest BCUT2D eigenvalue weighted by Gasteiger charge is 2.20. The lowest BCUT2D eigenvalue weighted by atomic mass is 10.1. The van der Waals surface area contributed by atoms with Crippen LogP contribution in [0, 0.1) is 17.8 Å². The number of anilines is 2. The van der Waals surface area contributed by atoms with Crippen LogP contribution in [0.2, 0.25) is 0 Å². The van der Waals surface area contributed by atoms with Crippen molar-refractivity contribution >= 4 is 62.9 Å². The van der Waals surface area contributed by atoms with Crippen LogP contribution in [-0.2, 0) is 4.79 Å². The molecule has 0 spiro atoms. The van der Waals surface area contributed by atoms with E-state index in [0.29, 0.717) is 30.8 Å². The predicted octanol–water partition coefficient (Wildman–Crippen LogP) is 6.38. The lowest BCUT2D eigenvalue weighted by Crippen LogP contribution is -2.22. The molecule has 2 aromatic heterocycles. The van der Waals surface area contributed by atoms with Crippen LogP contribution >= 0.6 is 35.3 Å². The number of hydrogen-bond donors (Lipinski definition) is 1. The molecule has 1 amide bonds. The first-order chi connectivity index (χ1) is 18.7. The van der Waals surface area contributed by atoms with Gasteiger partial charge in [-0.2, -0.15) is 0 Å². The first-order valence-corrected chi connectivity index (χ1v) is 14.5. The molecule has 5 aromatic rings. The Kier molecular flexibility index (Phi) is 7.69. The van der Waals surface area contributed by atoms with E-state index in [-0.39, 0.29) is 17.2 Å². The summed E-state index contributed by atoms with van der Waals surface area (Å²) in [6.07, 6.45) is 0. The lowest BCUT2D eigenvalue weighted by Gasteiger charge is -2.14. The molecule has 0 fully saturated rings. The molecule has 5 rings (SSSR count). The van der Waals surface area contributed by atoms with Crippen molar-refractivity contribution in [3.63, 3.8) is 0 Å². The van der Waals surface area contributed by atoms with Crippen molar-refractivity contribution < 1.29 is 4.79 Å². The molecule has 0 aliphatic carbocycles. The Labute approximate surface area is 239 Å². The first kappa shape index (κ1) is 26.9. The van der Waals surface area contributed by atoms with Gasteiger partial charge in [-0.05, 0) is 74.1 Å². The Morgan fingerprint density at radius 1 is 1.03 bits per heavy atom. The minimum Gasteiger partial charge on any atom is -0.378 e. The van der Waals surface area contributed by atoms with Gasteiger partial charge in [0.05, 0.1) is 17.1 Å². The number of carbonyl (C=O) groups excluding carboxylic acids is 1. The Morgan fingerprint density at radius 2 is 1.74 bits per heavy atom. The van der Waals surface area contributed by atoms with Crippen LogP contribution in [0.25, 0.3) is 21.7 Å². The third-order valence-electron chi connectivity index (χ3n) is 6.18. The fourth-order valence-electron chi connectivity index (χ4n) is 4.28. The van der Waals surface area contributed by atoms with Crippen molar-refractivity contribution in [2.24, 2.45) is 0 Å². The highest BCUT2D eigenvalue weighted by Crippen LogP contribution is 2.29. The van der Waals surface area contributed by atoms with Gasteiger partial charge in [-0.15, -0.1) is 0 Å². The van der Waals surface area contributed by atoms with E-state index in [0.717, 1.165) is 22.5 Å². The first-order valence-electron chi connectivity index (χ1n) is 12.2. The Morgan fingerprint density at radius 3 is 2.41 bits per heavy atom. The van der Waals surface area contributed by atoms with Crippen LogP contribution in [0.4, 0.5) is 11.4 Å². The summed E-state index contributed by atoms with van der Waals surface area (Å²) in [5.74, 6) is -0.114. The standard InChI is InChI=1S/C29H27N5O2S3/c1-18-10-15-23(19(2)16-18)34-26-25(39-29(34)37)27(36)33(22-8-6-5-7-9-22)28(31-26)38-17-24(35)30-20-11-13-21(14-12-20)32(3)4/h5-16H,17H2,1-4H3,(H,30,35). The monoisotopic (exact) mass is 573 g/mol. The van der Waals surface area contributed by atoms with Gasteiger partial charge in [0.1, 0.15) is 4.70 Å². The Hall–Kier alpha value is -3.73. The third-order valence-corrected chi connectivity index (χ3v) is 8.47. The number of fused-ring (bicyclic) bond motifs is 1. The number of thiazole rings is 1. The van der Waals surface area contributed by atoms with Gasteiger partial charge in [-0.1, -0.05) is 59.0 Å². The average molecular weight is 574 g/mol. The number of para-hydroxylation sites is 1.